The van der Waals surface area contributed by atoms with E-state index in [-0.39, 0.29) is 17.9 Å². The molecule has 0 saturated carbocycles. The van der Waals surface area contributed by atoms with Gasteiger partial charge in [0.15, 0.2) is 0 Å². The van der Waals surface area contributed by atoms with Gasteiger partial charge in [-0.25, -0.2) is 10.4 Å². The summed E-state index contributed by atoms with van der Waals surface area (Å²) in [6.45, 7) is 1.79. The van der Waals surface area contributed by atoms with Crippen molar-refractivity contribution in [3.8, 4) is 16.9 Å². The Kier molecular flexibility index (Phi) is 5.40. The minimum absolute atomic E-state index is 0.0578. The minimum Gasteiger partial charge on any atom is -0.507 e. The van der Waals surface area contributed by atoms with E-state index in [0.29, 0.717) is 15.8 Å². The van der Waals surface area contributed by atoms with Crippen LogP contribution in [0.4, 0.5) is 0 Å². The fourth-order valence-electron chi connectivity index (χ4n) is 2.99. The highest BCUT2D eigenvalue weighted by atomic mass is 32.1. The Balaban J connectivity index is 1.56. The van der Waals surface area contributed by atoms with Crippen LogP contribution in [0, 0.1) is 6.92 Å². The first kappa shape index (κ1) is 19.5. The number of aromatic nitrogens is 2. The number of amides is 1. The molecule has 0 bridgehead atoms. The molecule has 0 aliphatic rings. The molecule has 1 amide bonds. The Morgan fingerprint density at radius 2 is 2.00 bits per heavy atom. The predicted octanol–water partition coefficient (Wildman–Crippen LogP) is 3.29. The first-order chi connectivity index (χ1) is 14.5. The van der Waals surface area contributed by atoms with Gasteiger partial charge in [0.1, 0.15) is 17.1 Å². The van der Waals surface area contributed by atoms with Crippen molar-refractivity contribution in [2.24, 2.45) is 5.10 Å². The molecule has 30 heavy (non-hydrogen) atoms. The normalized spacial score (nSPS) is 11.2. The van der Waals surface area contributed by atoms with Gasteiger partial charge in [-0.05, 0) is 24.6 Å². The molecule has 2 N–H and O–H groups in total. The maximum absolute atomic E-state index is 13.0. The van der Waals surface area contributed by atoms with Gasteiger partial charge >= 0.3 is 0 Å². The summed E-state index contributed by atoms with van der Waals surface area (Å²) in [6, 6.07) is 14.5. The number of nitrogens with zero attached hydrogens (tertiary/aromatic N) is 3. The van der Waals surface area contributed by atoms with Gasteiger partial charge < -0.3 is 5.11 Å². The Labute approximate surface area is 176 Å². The van der Waals surface area contributed by atoms with E-state index >= 15 is 0 Å². The van der Waals surface area contributed by atoms with Crippen molar-refractivity contribution in [1.29, 1.82) is 0 Å². The fraction of sp³-hybridized carbons (Fsp3) is 0.0909. The van der Waals surface area contributed by atoms with Crippen LogP contribution in [0.3, 0.4) is 0 Å². The third-order valence-electron chi connectivity index (χ3n) is 4.57. The van der Waals surface area contributed by atoms with E-state index in [1.165, 1.54) is 34.5 Å². The molecule has 2 aromatic heterocycles. The summed E-state index contributed by atoms with van der Waals surface area (Å²) >= 11 is 1.40. The molecule has 150 valence electrons. The van der Waals surface area contributed by atoms with Gasteiger partial charge in [0, 0.05) is 16.5 Å². The Hall–Kier alpha value is -3.78. The van der Waals surface area contributed by atoms with Crippen molar-refractivity contribution in [1.82, 2.24) is 15.0 Å². The van der Waals surface area contributed by atoms with E-state index in [0.717, 1.165) is 16.7 Å². The van der Waals surface area contributed by atoms with Crippen LogP contribution in [0.1, 0.15) is 11.1 Å². The van der Waals surface area contributed by atoms with Crippen LogP contribution in [0.15, 0.2) is 70.1 Å². The number of phenolic OH excluding ortho intramolecular Hbond substituents is 1. The minimum atomic E-state index is -0.475. The number of carbonyl (C=O) groups excluding carboxylic acids is 1. The van der Waals surface area contributed by atoms with Crippen molar-refractivity contribution in [3.63, 3.8) is 0 Å². The molecule has 0 aliphatic heterocycles. The number of aryl methyl sites for hydroxylation is 1. The van der Waals surface area contributed by atoms with Gasteiger partial charge in [0.2, 0.25) is 0 Å². The number of thiophene rings is 1. The standard InChI is InChI=1S/C22H18N4O3S/c1-14-6-8-15(9-7-14)17-12-30-21-20(17)22(29)26(13-23-21)11-19(28)25-24-10-16-4-2-3-5-18(16)27/h2-10,12-13,27H,11H2,1H3,(H,25,28). The summed E-state index contributed by atoms with van der Waals surface area (Å²) in [7, 11) is 0. The molecule has 0 atom stereocenters. The highest BCUT2D eigenvalue weighted by Crippen LogP contribution is 2.30. The number of carbonyl (C=O) groups is 1. The lowest BCUT2D eigenvalue weighted by Crippen LogP contribution is -2.30. The number of rotatable bonds is 5. The van der Waals surface area contributed by atoms with Crippen LogP contribution in [0.25, 0.3) is 21.3 Å². The van der Waals surface area contributed by atoms with Crippen molar-refractivity contribution < 1.29 is 9.90 Å². The first-order valence-corrected chi connectivity index (χ1v) is 10.0. The van der Waals surface area contributed by atoms with E-state index in [4.69, 9.17) is 0 Å². The lowest BCUT2D eigenvalue weighted by Gasteiger charge is -2.06. The Bertz CT molecular complexity index is 1310. The summed E-state index contributed by atoms with van der Waals surface area (Å²) in [4.78, 5) is 30.2. The number of hydrogen-bond donors (Lipinski definition) is 2. The third kappa shape index (κ3) is 3.99. The molecular formula is C22H18N4O3S. The van der Waals surface area contributed by atoms with Gasteiger partial charge in [-0.2, -0.15) is 5.10 Å². The number of aromatic hydroxyl groups is 1. The molecule has 0 fully saturated rings. The second-order valence-electron chi connectivity index (χ2n) is 6.73. The van der Waals surface area contributed by atoms with Gasteiger partial charge in [-0.1, -0.05) is 42.0 Å². The van der Waals surface area contributed by atoms with Gasteiger partial charge in [-0.3, -0.25) is 14.2 Å². The monoisotopic (exact) mass is 418 g/mol. The highest BCUT2D eigenvalue weighted by Gasteiger charge is 2.14. The van der Waals surface area contributed by atoms with E-state index < -0.39 is 5.91 Å². The number of benzene rings is 2. The SMILES string of the molecule is Cc1ccc(-c2csc3ncn(CC(=O)NN=Cc4ccccc4O)c(=O)c23)cc1. The number of nitrogens with one attached hydrogen (secondary N) is 1. The summed E-state index contributed by atoms with van der Waals surface area (Å²) in [6.07, 6.45) is 2.71. The maximum Gasteiger partial charge on any atom is 0.263 e. The predicted molar refractivity (Wildman–Crippen MR) is 118 cm³/mol. The van der Waals surface area contributed by atoms with Crippen LogP contribution < -0.4 is 11.0 Å². The van der Waals surface area contributed by atoms with E-state index in [1.807, 2.05) is 36.6 Å². The van der Waals surface area contributed by atoms with Crippen molar-refractivity contribution >= 4 is 33.7 Å². The average Bonchev–Trinajstić information content (AvgIpc) is 3.17. The van der Waals surface area contributed by atoms with Crippen molar-refractivity contribution in [2.45, 2.75) is 13.5 Å². The van der Waals surface area contributed by atoms with Crippen molar-refractivity contribution in [3.05, 3.63) is 81.7 Å². The molecule has 0 radical (unpaired) electrons. The number of fused-ring (bicyclic) bond motifs is 1. The third-order valence-corrected chi connectivity index (χ3v) is 5.45. The van der Waals surface area contributed by atoms with Gasteiger partial charge in [0.25, 0.3) is 11.5 Å². The van der Waals surface area contributed by atoms with Crippen LogP contribution in [-0.4, -0.2) is 26.8 Å². The van der Waals surface area contributed by atoms with E-state index in [1.54, 1.807) is 18.2 Å². The lowest BCUT2D eigenvalue weighted by molar-refractivity contribution is -0.121. The summed E-state index contributed by atoms with van der Waals surface area (Å²) < 4.78 is 1.26. The topological polar surface area (TPSA) is 96.6 Å². The van der Waals surface area contributed by atoms with E-state index in [9.17, 15) is 14.7 Å². The van der Waals surface area contributed by atoms with Crippen molar-refractivity contribution in [2.75, 3.05) is 0 Å². The van der Waals surface area contributed by atoms with Crippen LogP contribution in [0.5, 0.6) is 5.75 Å². The average molecular weight is 418 g/mol. The molecule has 4 rings (SSSR count). The maximum atomic E-state index is 13.0. The summed E-state index contributed by atoms with van der Waals surface area (Å²) in [5.41, 5.74) is 5.42. The molecule has 2 heterocycles. The lowest BCUT2D eigenvalue weighted by atomic mass is 10.1. The highest BCUT2D eigenvalue weighted by molar-refractivity contribution is 7.17. The second kappa shape index (κ2) is 8.30. The second-order valence-corrected chi connectivity index (χ2v) is 7.58. The number of hydrogen-bond acceptors (Lipinski definition) is 6. The molecule has 4 aromatic rings. The zero-order valence-corrected chi connectivity index (χ0v) is 16.9. The summed E-state index contributed by atoms with van der Waals surface area (Å²) in [5, 5.41) is 15.9. The Morgan fingerprint density at radius 1 is 1.23 bits per heavy atom. The number of hydrazone groups is 1. The quantitative estimate of drug-likeness (QED) is 0.384. The molecule has 7 nitrogen and oxygen atoms in total. The molecule has 0 aliphatic carbocycles. The van der Waals surface area contributed by atoms with E-state index in [2.05, 4.69) is 15.5 Å². The zero-order chi connectivity index (χ0) is 21.1. The van der Waals surface area contributed by atoms with Crippen LogP contribution >= 0.6 is 11.3 Å². The molecule has 2 aromatic carbocycles. The Morgan fingerprint density at radius 3 is 2.77 bits per heavy atom. The smallest absolute Gasteiger partial charge is 0.263 e. The largest absolute Gasteiger partial charge is 0.507 e. The fourth-order valence-corrected chi connectivity index (χ4v) is 3.89. The molecule has 0 unspecified atom stereocenters. The number of para-hydroxylation sites is 1. The first-order valence-electron chi connectivity index (χ1n) is 9.16. The molecule has 0 spiro atoms. The zero-order valence-electron chi connectivity index (χ0n) is 16.1. The molecule has 8 heteroatoms. The number of phenols is 1. The summed E-state index contributed by atoms with van der Waals surface area (Å²) in [5.74, 6) is -0.417. The van der Waals surface area contributed by atoms with Crippen LogP contribution in [0.2, 0.25) is 0 Å². The van der Waals surface area contributed by atoms with Gasteiger partial charge in [-0.15, -0.1) is 11.3 Å². The molecular weight excluding hydrogens is 400 g/mol. The molecule has 0 saturated heterocycles. The van der Waals surface area contributed by atoms with Crippen LogP contribution in [-0.2, 0) is 11.3 Å². The van der Waals surface area contributed by atoms with Gasteiger partial charge in [0.05, 0.1) is 17.9 Å².